The van der Waals surface area contributed by atoms with Crippen molar-refractivity contribution in [2.45, 2.75) is 26.3 Å². The van der Waals surface area contributed by atoms with E-state index < -0.39 is 0 Å². The highest BCUT2D eigenvalue weighted by molar-refractivity contribution is 4.49. The zero-order valence-corrected chi connectivity index (χ0v) is 5.26. The Balaban J connectivity index is 3.10. The van der Waals surface area contributed by atoms with Crippen LogP contribution in [0.15, 0.2) is 10.4 Å². The van der Waals surface area contributed by atoms with Crippen molar-refractivity contribution in [1.29, 1.82) is 0 Å². The summed E-state index contributed by atoms with van der Waals surface area (Å²) in [4.78, 5) is 0. The molecule has 0 heterocycles. The fourth-order valence-corrected chi connectivity index (χ4v) is 0.223. The Hall–Kier alpha value is -0.800. The van der Waals surface area contributed by atoms with Gasteiger partial charge >= 0.3 is 0 Å². The first-order chi connectivity index (χ1) is 3.81. The van der Waals surface area contributed by atoms with Crippen LogP contribution in [0.3, 0.4) is 0 Å². The predicted molar refractivity (Wildman–Crippen MR) is 31.9 cm³/mol. The molecule has 0 bridgehead atoms. The van der Waals surface area contributed by atoms with Crippen molar-refractivity contribution >= 4 is 0 Å². The van der Waals surface area contributed by atoms with Crippen LogP contribution in [-0.2, 0) is 0 Å². The van der Waals surface area contributed by atoms with Gasteiger partial charge in [0.15, 0.2) is 0 Å². The van der Waals surface area contributed by atoms with E-state index in [4.69, 9.17) is 5.84 Å². The second-order valence-corrected chi connectivity index (χ2v) is 1.65. The minimum absolute atomic E-state index is 0.363. The first-order valence-corrected chi connectivity index (χ1v) is 2.66. The maximum atomic E-state index is 4.73. The molecule has 3 N–H and O–H groups in total. The maximum Gasteiger partial charge on any atom is 0.0426 e. The predicted octanol–water partition coefficient (Wildman–Crippen LogP) is 0.615. The summed E-state index contributed by atoms with van der Waals surface area (Å²) in [5, 5.41) is 6.43. The number of nitrogens with zero attached hydrogens (tertiary/aromatic N) is 2. The van der Waals surface area contributed by atoms with Gasteiger partial charge in [-0.25, -0.2) is 0 Å². The molecule has 0 aliphatic heterocycles. The average molecular weight is 116 g/mol. The molecule has 1 atom stereocenters. The van der Waals surface area contributed by atoms with Crippen LogP contribution in [0.5, 0.6) is 0 Å². The van der Waals surface area contributed by atoms with Gasteiger partial charge in [0, 0.05) is 6.04 Å². The largest absolute Gasteiger partial charge is 0.303 e. The molecule has 4 nitrogen and oxygen atoms in total. The zero-order chi connectivity index (χ0) is 6.41. The zero-order valence-electron chi connectivity index (χ0n) is 5.26. The minimum Gasteiger partial charge on any atom is -0.303 e. The molecular weight excluding hydrogens is 104 g/mol. The number of nitrogens with two attached hydrogens (primary N) is 1. The number of nitrogens with one attached hydrogen (secondary N) is 1. The van der Waals surface area contributed by atoms with Gasteiger partial charge < -0.3 is 5.84 Å². The van der Waals surface area contributed by atoms with E-state index in [-0.39, 0.29) is 0 Å². The lowest BCUT2D eigenvalue weighted by Gasteiger charge is -2.03. The molecule has 48 valence electrons. The van der Waals surface area contributed by atoms with Gasteiger partial charge in [-0.2, -0.15) is 0 Å². The van der Waals surface area contributed by atoms with Crippen LogP contribution < -0.4 is 11.3 Å². The first kappa shape index (κ1) is 7.20. The van der Waals surface area contributed by atoms with Crippen molar-refractivity contribution < 1.29 is 0 Å². The van der Waals surface area contributed by atoms with Gasteiger partial charge in [-0.15, -0.1) is 0 Å². The third-order valence-electron chi connectivity index (χ3n) is 0.948. The summed E-state index contributed by atoms with van der Waals surface area (Å²) < 4.78 is 0. The Bertz CT molecular complexity index is 70.4. The summed E-state index contributed by atoms with van der Waals surface area (Å²) in [6, 6.07) is 0.363. The van der Waals surface area contributed by atoms with Gasteiger partial charge in [0.05, 0.1) is 0 Å². The average Bonchev–Trinajstić information content (AvgIpc) is 1.83. The lowest BCUT2D eigenvalue weighted by Crippen LogP contribution is -2.18. The van der Waals surface area contributed by atoms with Crippen LogP contribution >= 0.6 is 0 Å². The van der Waals surface area contributed by atoms with Crippen molar-refractivity contribution in [3.05, 3.63) is 0 Å². The number of hydrogen-bond donors (Lipinski definition) is 2. The molecule has 0 aromatic carbocycles. The highest BCUT2D eigenvalue weighted by Gasteiger charge is 1.90. The van der Waals surface area contributed by atoms with E-state index >= 15 is 0 Å². The van der Waals surface area contributed by atoms with E-state index in [1.165, 1.54) is 0 Å². The molecule has 0 radical (unpaired) electrons. The molecule has 4 heteroatoms. The smallest absolute Gasteiger partial charge is 0.0426 e. The van der Waals surface area contributed by atoms with Crippen LogP contribution in [0.25, 0.3) is 0 Å². The summed E-state index contributed by atoms with van der Waals surface area (Å²) in [5.74, 6) is 4.73. The third-order valence-corrected chi connectivity index (χ3v) is 0.948. The van der Waals surface area contributed by atoms with Crippen molar-refractivity contribution in [2.24, 2.45) is 16.3 Å². The molecular formula is C4H12N4. The standard InChI is InChI=1S/C4H12N4/c1-3-4(2)6-8-7-5/h4H,3H2,1-2H3,(H2,5,8)(H,6,7). The second kappa shape index (κ2) is 4.36. The van der Waals surface area contributed by atoms with Gasteiger partial charge in [-0.1, -0.05) is 17.4 Å². The summed E-state index contributed by atoms with van der Waals surface area (Å²) in [6.07, 6.45) is 1.03. The minimum atomic E-state index is 0.363. The fraction of sp³-hybridized carbons (Fsp3) is 1.00. The van der Waals surface area contributed by atoms with Crippen LogP contribution in [0.4, 0.5) is 0 Å². The van der Waals surface area contributed by atoms with E-state index in [1.54, 1.807) is 0 Å². The van der Waals surface area contributed by atoms with Crippen molar-refractivity contribution in [2.75, 3.05) is 0 Å². The van der Waals surface area contributed by atoms with Crippen molar-refractivity contribution in [3.63, 3.8) is 0 Å². The van der Waals surface area contributed by atoms with Crippen LogP contribution in [0.1, 0.15) is 20.3 Å². The Morgan fingerprint density at radius 3 is 2.75 bits per heavy atom. The maximum absolute atomic E-state index is 4.73. The highest BCUT2D eigenvalue weighted by atomic mass is 15.5. The monoisotopic (exact) mass is 116 g/mol. The second-order valence-electron chi connectivity index (χ2n) is 1.65. The lowest BCUT2D eigenvalue weighted by atomic mass is 10.3. The van der Waals surface area contributed by atoms with E-state index in [1.807, 2.05) is 6.92 Å². The fourth-order valence-electron chi connectivity index (χ4n) is 0.223. The van der Waals surface area contributed by atoms with Gasteiger partial charge in [-0.05, 0) is 13.3 Å². The summed E-state index contributed by atoms with van der Waals surface area (Å²) >= 11 is 0. The highest BCUT2D eigenvalue weighted by Crippen LogP contribution is 1.85. The van der Waals surface area contributed by atoms with E-state index in [0.29, 0.717) is 6.04 Å². The normalized spacial score (nSPS) is 14.2. The molecule has 0 spiro atoms. The first-order valence-electron chi connectivity index (χ1n) is 2.66. The lowest BCUT2D eigenvalue weighted by molar-refractivity contribution is 0.530. The molecule has 8 heavy (non-hydrogen) atoms. The van der Waals surface area contributed by atoms with E-state index in [9.17, 15) is 0 Å². The topological polar surface area (TPSA) is 62.8 Å². The molecule has 0 amide bonds. The summed E-state index contributed by atoms with van der Waals surface area (Å²) in [7, 11) is 0. The third kappa shape index (κ3) is 3.39. The van der Waals surface area contributed by atoms with Crippen LogP contribution in [0.2, 0.25) is 0 Å². The summed E-state index contributed by atoms with van der Waals surface area (Å²) in [5.41, 5.74) is 2.72. The molecule has 0 saturated heterocycles. The number of hydrogen-bond acceptors (Lipinski definition) is 2. The summed E-state index contributed by atoms with van der Waals surface area (Å²) in [6.45, 7) is 4.07. The Morgan fingerprint density at radius 2 is 2.38 bits per heavy atom. The molecule has 0 aliphatic rings. The Labute approximate surface area is 49.1 Å². The molecule has 0 aromatic heterocycles. The van der Waals surface area contributed by atoms with Crippen molar-refractivity contribution in [1.82, 2.24) is 5.43 Å². The van der Waals surface area contributed by atoms with Gasteiger partial charge in [-0.3, -0.25) is 5.43 Å². The van der Waals surface area contributed by atoms with Crippen LogP contribution in [-0.4, -0.2) is 6.04 Å². The molecule has 1 unspecified atom stereocenters. The van der Waals surface area contributed by atoms with Gasteiger partial charge in [0.2, 0.25) is 0 Å². The van der Waals surface area contributed by atoms with E-state index in [0.717, 1.165) is 6.42 Å². The van der Waals surface area contributed by atoms with Crippen LogP contribution in [0, 0.1) is 0 Å². The molecule has 0 aromatic rings. The van der Waals surface area contributed by atoms with Gasteiger partial charge in [0.25, 0.3) is 0 Å². The van der Waals surface area contributed by atoms with Gasteiger partial charge in [0.1, 0.15) is 0 Å². The number of rotatable bonds is 3. The molecule has 0 fully saturated rings. The SMILES string of the molecule is CCC(C)N/N=N\N. The molecule has 0 rings (SSSR count). The molecule has 0 saturated carbocycles. The Morgan fingerprint density at radius 1 is 1.75 bits per heavy atom. The Kier molecular flexibility index (Phi) is 3.93. The molecule has 0 aliphatic carbocycles. The van der Waals surface area contributed by atoms with E-state index in [2.05, 4.69) is 22.8 Å². The van der Waals surface area contributed by atoms with Crippen molar-refractivity contribution in [3.8, 4) is 0 Å². The quantitative estimate of drug-likeness (QED) is 0.322.